The lowest BCUT2D eigenvalue weighted by Gasteiger charge is -2.16. The van der Waals surface area contributed by atoms with Gasteiger partial charge in [0.05, 0.1) is 5.56 Å². The van der Waals surface area contributed by atoms with Crippen LogP contribution >= 0.6 is 23.2 Å². The van der Waals surface area contributed by atoms with E-state index in [1.807, 2.05) is 0 Å². The molecule has 0 aliphatic rings. The molecule has 15 heavy (non-hydrogen) atoms. The second kappa shape index (κ2) is 4.06. The lowest BCUT2D eigenvalue weighted by atomic mass is 10.2. The van der Waals surface area contributed by atoms with Crippen molar-refractivity contribution in [2.24, 2.45) is 0 Å². The first-order valence-corrected chi connectivity index (χ1v) is 4.38. The predicted octanol–water partition coefficient (Wildman–Crippen LogP) is 4.14. The van der Waals surface area contributed by atoms with Crippen molar-refractivity contribution < 1.29 is 22.3 Å². The van der Waals surface area contributed by atoms with Gasteiger partial charge in [-0.1, -0.05) is 12.1 Å². The average molecular weight is 263 g/mol. The van der Waals surface area contributed by atoms with Crippen LogP contribution in [0, 0.1) is 0 Å². The Bertz CT molecular complexity index is 345. The van der Waals surface area contributed by atoms with Gasteiger partial charge in [-0.3, -0.25) is 0 Å². The molecule has 0 spiro atoms. The van der Waals surface area contributed by atoms with Crippen molar-refractivity contribution in [3.05, 3.63) is 29.8 Å². The Hall–Kier alpha value is -0.680. The van der Waals surface area contributed by atoms with E-state index in [0.717, 1.165) is 12.1 Å². The molecule has 0 bridgehead atoms. The summed E-state index contributed by atoms with van der Waals surface area (Å²) in [5.74, 6) is -0.766. The Morgan fingerprint density at radius 1 is 1.00 bits per heavy atom. The van der Waals surface area contributed by atoms with Gasteiger partial charge in [-0.15, -0.1) is 8.78 Å². The summed E-state index contributed by atoms with van der Waals surface area (Å²) in [6, 6.07) is 4.24. The van der Waals surface area contributed by atoms with Crippen LogP contribution in [0.15, 0.2) is 24.3 Å². The largest absolute Gasteiger partial charge is 0.487 e. The summed E-state index contributed by atoms with van der Waals surface area (Å²) >= 11 is 9.14. The van der Waals surface area contributed by atoms with Crippen LogP contribution in [0.5, 0.6) is 5.75 Å². The first-order chi connectivity index (χ1) is 6.70. The van der Waals surface area contributed by atoms with E-state index in [4.69, 9.17) is 11.6 Å². The van der Waals surface area contributed by atoms with E-state index in [9.17, 15) is 17.6 Å². The van der Waals surface area contributed by atoms with E-state index in [2.05, 4.69) is 16.3 Å². The normalized spacial score (nSPS) is 12.7. The molecule has 0 heterocycles. The summed E-state index contributed by atoms with van der Waals surface area (Å²) in [5.41, 5.74) is -4.93. The molecule has 0 radical (unpaired) electrons. The lowest BCUT2D eigenvalue weighted by molar-refractivity contribution is -0.0985. The molecule has 0 N–H and O–H groups in total. The summed E-state index contributed by atoms with van der Waals surface area (Å²) < 4.78 is 53.7. The van der Waals surface area contributed by atoms with Crippen molar-refractivity contribution in [1.82, 2.24) is 0 Å². The van der Waals surface area contributed by atoms with Crippen LogP contribution in [0.3, 0.4) is 0 Å². The maximum absolute atomic E-state index is 12.7. The zero-order chi connectivity index (χ0) is 11.7. The minimum atomic E-state index is -4.06. The fourth-order valence-electron chi connectivity index (χ4n) is 0.915. The minimum Gasteiger partial charge on any atom is -0.419 e. The Morgan fingerprint density at radius 2 is 1.53 bits per heavy atom. The summed E-state index contributed by atoms with van der Waals surface area (Å²) in [6.07, 6.45) is 0. The molecule has 1 aromatic carbocycles. The van der Waals surface area contributed by atoms with Crippen molar-refractivity contribution in [2.75, 3.05) is 0 Å². The highest BCUT2D eigenvalue weighted by Gasteiger charge is 2.35. The first-order valence-electron chi connectivity index (χ1n) is 3.62. The predicted molar refractivity (Wildman–Crippen MR) is 47.6 cm³/mol. The van der Waals surface area contributed by atoms with Crippen molar-refractivity contribution >= 4 is 23.2 Å². The Morgan fingerprint density at radius 3 is 2.00 bits per heavy atom. The van der Waals surface area contributed by atoms with Gasteiger partial charge < -0.3 is 4.74 Å². The second-order valence-corrected chi connectivity index (χ2v) is 3.46. The standard InChI is InChI=1S/C8H4Cl2F4O/c9-7(11,12)5-3-1-2-4-6(5)15-8(10,13)14/h1-4H. The zero-order valence-electron chi connectivity index (χ0n) is 6.99. The monoisotopic (exact) mass is 262 g/mol. The molecule has 0 saturated heterocycles. The third kappa shape index (κ3) is 3.76. The van der Waals surface area contributed by atoms with Crippen LogP contribution in [0.2, 0.25) is 0 Å². The number of ether oxygens (including phenoxy) is 1. The number of halogens is 6. The van der Waals surface area contributed by atoms with Gasteiger partial charge in [-0.05, 0) is 23.7 Å². The molecule has 7 heteroatoms. The van der Waals surface area contributed by atoms with Crippen LogP contribution in [-0.2, 0) is 5.38 Å². The zero-order valence-corrected chi connectivity index (χ0v) is 8.50. The highest BCUT2D eigenvalue weighted by atomic mass is 35.5. The molecule has 1 nitrogen and oxygen atoms in total. The van der Waals surface area contributed by atoms with E-state index in [1.54, 1.807) is 0 Å². The maximum Gasteiger partial charge on any atom is 0.487 e. The molecule has 1 rings (SSSR count). The summed E-state index contributed by atoms with van der Waals surface area (Å²) in [6.45, 7) is 0. The topological polar surface area (TPSA) is 9.23 Å². The van der Waals surface area contributed by atoms with Gasteiger partial charge >= 0.3 is 10.9 Å². The first kappa shape index (κ1) is 12.4. The summed E-state index contributed by atoms with van der Waals surface area (Å²) in [5, 5.41) is -3.79. The Balaban J connectivity index is 3.08. The fourth-order valence-corrected chi connectivity index (χ4v) is 1.15. The molecule has 0 aromatic heterocycles. The third-order valence-electron chi connectivity index (χ3n) is 1.42. The van der Waals surface area contributed by atoms with Gasteiger partial charge in [-0.2, -0.15) is 8.78 Å². The van der Waals surface area contributed by atoms with Crippen LogP contribution < -0.4 is 4.74 Å². The Labute approximate surface area is 92.5 Å². The van der Waals surface area contributed by atoms with Gasteiger partial charge in [0, 0.05) is 11.6 Å². The molecule has 1 aromatic rings. The molecule has 0 aliphatic carbocycles. The van der Waals surface area contributed by atoms with Crippen LogP contribution in [-0.4, -0.2) is 5.57 Å². The Kier molecular flexibility index (Phi) is 3.35. The van der Waals surface area contributed by atoms with Crippen molar-refractivity contribution in [2.45, 2.75) is 10.9 Å². The molecule has 84 valence electrons. The number of benzene rings is 1. The van der Waals surface area contributed by atoms with Crippen molar-refractivity contribution in [3.63, 3.8) is 0 Å². The van der Waals surface area contributed by atoms with E-state index in [-0.39, 0.29) is 0 Å². The highest BCUT2D eigenvalue weighted by Crippen LogP contribution is 2.40. The average Bonchev–Trinajstić information content (AvgIpc) is 1.99. The number of alkyl halides is 6. The fraction of sp³-hybridized carbons (Fsp3) is 0.250. The summed E-state index contributed by atoms with van der Waals surface area (Å²) in [4.78, 5) is 0. The minimum absolute atomic E-state index is 0.766. The lowest BCUT2D eigenvalue weighted by Crippen LogP contribution is -2.18. The van der Waals surface area contributed by atoms with Gasteiger partial charge in [-0.25, -0.2) is 0 Å². The van der Waals surface area contributed by atoms with E-state index < -0.39 is 22.3 Å². The van der Waals surface area contributed by atoms with Crippen LogP contribution in [0.25, 0.3) is 0 Å². The quantitative estimate of drug-likeness (QED) is 0.588. The second-order valence-electron chi connectivity index (χ2n) is 2.54. The van der Waals surface area contributed by atoms with Gasteiger partial charge in [0.25, 0.3) is 0 Å². The van der Waals surface area contributed by atoms with Crippen molar-refractivity contribution in [3.8, 4) is 5.75 Å². The number of hydrogen-bond acceptors (Lipinski definition) is 1. The van der Waals surface area contributed by atoms with Crippen LogP contribution in [0.1, 0.15) is 5.56 Å². The molecular weight excluding hydrogens is 259 g/mol. The molecule has 0 saturated carbocycles. The summed E-state index contributed by atoms with van der Waals surface area (Å²) in [7, 11) is 0. The smallest absolute Gasteiger partial charge is 0.419 e. The molecule has 0 aliphatic heterocycles. The molecule has 0 amide bonds. The van der Waals surface area contributed by atoms with Gasteiger partial charge in [0.15, 0.2) is 0 Å². The SMILES string of the molecule is FC(F)(Cl)Oc1ccccc1C(F)(F)Cl. The molecule has 0 atom stereocenters. The number of rotatable bonds is 3. The highest BCUT2D eigenvalue weighted by molar-refractivity contribution is 6.22. The van der Waals surface area contributed by atoms with Gasteiger partial charge in [0.2, 0.25) is 0 Å². The van der Waals surface area contributed by atoms with Gasteiger partial charge in [0.1, 0.15) is 5.75 Å². The third-order valence-corrected chi connectivity index (χ3v) is 1.70. The molecule has 0 unspecified atom stereocenters. The van der Waals surface area contributed by atoms with Crippen molar-refractivity contribution in [1.29, 1.82) is 0 Å². The van der Waals surface area contributed by atoms with E-state index in [0.29, 0.717) is 0 Å². The molecule has 0 fully saturated rings. The number of hydrogen-bond donors (Lipinski definition) is 0. The maximum atomic E-state index is 12.7. The number of para-hydroxylation sites is 1. The van der Waals surface area contributed by atoms with Crippen LogP contribution in [0.4, 0.5) is 17.6 Å². The van der Waals surface area contributed by atoms with E-state index in [1.165, 1.54) is 12.1 Å². The van der Waals surface area contributed by atoms with E-state index >= 15 is 0 Å². The molecular formula is C8H4Cl2F4O.